The summed E-state index contributed by atoms with van der Waals surface area (Å²) in [7, 11) is 0. The van der Waals surface area contributed by atoms with Crippen LogP contribution in [-0.2, 0) is 14.4 Å². The molecule has 1 aromatic heterocycles. The number of hydrogen-bond donors (Lipinski definition) is 2. The fraction of sp³-hybridized carbons (Fsp3) is 0.111. The van der Waals surface area contributed by atoms with Crippen molar-refractivity contribution in [3.8, 4) is 0 Å². The summed E-state index contributed by atoms with van der Waals surface area (Å²) in [6, 6.07) is 0. The lowest BCUT2D eigenvalue weighted by Gasteiger charge is -1.97. The number of carboxylic acids is 1. The second kappa shape index (κ2) is 6.38. The Morgan fingerprint density at radius 1 is 1.76 bits per heavy atom. The zero-order valence-electron chi connectivity index (χ0n) is 8.62. The zero-order valence-corrected chi connectivity index (χ0v) is 9.44. The van der Waals surface area contributed by atoms with Crippen LogP contribution < -0.4 is 5.32 Å². The lowest BCUT2D eigenvalue weighted by atomic mass is 10.3. The van der Waals surface area contributed by atoms with Crippen molar-refractivity contribution in [2.75, 3.05) is 11.9 Å². The summed E-state index contributed by atoms with van der Waals surface area (Å²) < 4.78 is 0. The number of carbonyl (C=O) groups is 2. The average Bonchev–Trinajstić information content (AvgIpc) is 2.73. The standard InChI is InChI=1S/C9H9N3O4S/c1-2-3-16-12-7(8(14)15)6-4-17-9(11-6)10-5-13/h2,4-5H,1,3H2,(H,14,15)(H,10,11,13)/b12-7+. The number of hydrogen-bond acceptors (Lipinski definition) is 6. The molecule has 0 radical (unpaired) electrons. The monoisotopic (exact) mass is 255 g/mol. The quantitative estimate of drug-likeness (QED) is 0.245. The lowest BCUT2D eigenvalue weighted by Crippen LogP contribution is -2.15. The summed E-state index contributed by atoms with van der Waals surface area (Å²) in [6.45, 7) is 3.50. The fourth-order valence-corrected chi connectivity index (χ4v) is 1.50. The lowest BCUT2D eigenvalue weighted by molar-refractivity contribution is -0.129. The van der Waals surface area contributed by atoms with Gasteiger partial charge in [0.2, 0.25) is 12.1 Å². The van der Waals surface area contributed by atoms with E-state index < -0.39 is 5.97 Å². The summed E-state index contributed by atoms with van der Waals surface area (Å²) in [6.07, 6.45) is 1.89. The Morgan fingerprint density at radius 3 is 3.12 bits per heavy atom. The molecule has 0 aromatic carbocycles. The zero-order chi connectivity index (χ0) is 12.7. The normalized spacial score (nSPS) is 10.7. The fourth-order valence-electron chi connectivity index (χ4n) is 0.849. The van der Waals surface area contributed by atoms with Gasteiger partial charge in [-0.3, -0.25) is 4.79 Å². The number of amides is 1. The number of aromatic nitrogens is 1. The van der Waals surface area contributed by atoms with Crippen LogP contribution in [0.2, 0.25) is 0 Å². The largest absolute Gasteiger partial charge is 0.476 e. The van der Waals surface area contributed by atoms with E-state index in [9.17, 15) is 9.59 Å². The number of carbonyl (C=O) groups excluding carboxylic acids is 1. The van der Waals surface area contributed by atoms with Crippen LogP contribution in [0.5, 0.6) is 0 Å². The first-order chi connectivity index (χ1) is 8.19. The predicted molar refractivity (Wildman–Crippen MR) is 62.1 cm³/mol. The van der Waals surface area contributed by atoms with Crippen molar-refractivity contribution in [2.24, 2.45) is 5.16 Å². The molecule has 0 atom stereocenters. The Bertz CT molecular complexity index is 455. The van der Waals surface area contributed by atoms with E-state index in [1.165, 1.54) is 11.5 Å². The first kappa shape index (κ1) is 12.8. The molecule has 0 aliphatic carbocycles. The second-order valence-electron chi connectivity index (χ2n) is 2.63. The topological polar surface area (TPSA) is 101 Å². The van der Waals surface area contributed by atoms with Gasteiger partial charge < -0.3 is 15.3 Å². The smallest absolute Gasteiger partial charge is 0.360 e. The van der Waals surface area contributed by atoms with Gasteiger partial charge in [0.05, 0.1) is 0 Å². The van der Waals surface area contributed by atoms with Gasteiger partial charge in [0.15, 0.2) is 5.13 Å². The van der Waals surface area contributed by atoms with Crippen LogP contribution in [0.1, 0.15) is 5.69 Å². The van der Waals surface area contributed by atoms with E-state index in [0.717, 1.165) is 11.3 Å². The summed E-state index contributed by atoms with van der Waals surface area (Å²) in [5.74, 6) is -1.27. The highest BCUT2D eigenvalue weighted by Gasteiger charge is 2.17. The van der Waals surface area contributed by atoms with Crippen LogP contribution in [0, 0.1) is 0 Å². The van der Waals surface area contributed by atoms with Crippen molar-refractivity contribution in [3.05, 3.63) is 23.7 Å². The van der Waals surface area contributed by atoms with Crippen LogP contribution in [0.3, 0.4) is 0 Å². The van der Waals surface area contributed by atoms with E-state index in [1.54, 1.807) is 0 Å². The minimum atomic E-state index is -1.27. The van der Waals surface area contributed by atoms with Crippen molar-refractivity contribution in [1.29, 1.82) is 0 Å². The number of carboxylic acid groups (broad SMARTS) is 1. The van der Waals surface area contributed by atoms with Gasteiger partial charge in [-0.2, -0.15) is 0 Å². The van der Waals surface area contributed by atoms with Gasteiger partial charge in [-0.25, -0.2) is 9.78 Å². The van der Waals surface area contributed by atoms with Crippen LogP contribution in [0.15, 0.2) is 23.2 Å². The van der Waals surface area contributed by atoms with Crippen molar-refractivity contribution in [1.82, 2.24) is 4.98 Å². The number of nitrogens with one attached hydrogen (secondary N) is 1. The molecule has 0 aliphatic rings. The number of oxime groups is 1. The van der Waals surface area contributed by atoms with E-state index in [2.05, 4.69) is 22.0 Å². The number of thiazole rings is 1. The Morgan fingerprint density at radius 2 is 2.53 bits per heavy atom. The van der Waals surface area contributed by atoms with Gasteiger partial charge in [0.1, 0.15) is 12.3 Å². The van der Waals surface area contributed by atoms with E-state index in [-0.39, 0.29) is 23.1 Å². The van der Waals surface area contributed by atoms with Gasteiger partial charge in [-0.15, -0.1) is 11.3 Å². The Hall–Kier alpha value is -2.22. The molecular weight excluding hydrogens is 246 g/mol. The molecule has 1 amide bonds. The summed E-state index contributed by atoms with van der Waals surface area (Å²) in [4.78, 5) is 29.6. The minimum Gasteiger partial charge on any atom is -0.476 e. The predicted octanol–water partition coefficient (Wildman–Crippen LogP) is 0.703. The van der Waals surface area contributed by atoms with Gasteiger partial charge in [-0.1, -0.05) is 17.8 Å². The highest BCUT2D eigenvalue weighted by molar-refractivity contribution is 7.14. The third-order valence-electron chi connectivity index (χ3n) is 1.48. The van der Waals surface area contributed by atoms with Crippen molar-refractivity contribution < 1.29 is 19.5 Å². The molecule has 0 saturated carbocycles. The van der Waals surface area contributed by atoms with E-state index in [0.29, 0.717) is 6.41 Å². The molecule has 0 unspecified atom stereocenters. The molecular formula is C9H9N3O4S. The number of anilines is 1. The molecule has 17 heavy (non-hydrogen) atoms. The Kier molecular flexibility index (Phi) is 4.82. The molecule has 0 aliphatic heterocycles. The Labute approximate surface area is 100 Å². The molecule has 1 aromatic rings. The van der Waals surface area contributed by atoms with E-state index >= 15 is 0 Å². The second-order valence-corrected chi connectivity index (χ2v) is 3.49. The third kappa shape index (κ3) is 3.68. The van der Waals surface area contributed by atoms with Gasteiger partial charge in [0, 0.05) is 5.38 Å². The van der Waals surface area contributed by atoms with Crippen LogP contribution in [0.25, 0.3) is 0 Å². The highest BCUT2D eigenvalue weighted by Crippen LogP contribution is 2.15. The molecule has 1 rings (SSSR count). The van der Waals surface area contributed by atoms with Crippen LogP contribution in [-0.4, -0.2) is 34.8 Å². The summed E-state index contributed by atoms with van der Waals surface area (Å²) in [5.41, 5.74) is -0.210. The van der Waals surface area contributed by atoms with Gasteiger partial charge in [-0.05, 0) is 0 Å². The third-order valence-corrected chi connectivity index (χ3v) is 2.25. The molecule has 1 heterocycles. The maximum Gasteiger partial charge on any atom is 0.360 e. The summed E-state index contributed by atoms with van der Waals surface area (Å²) >= 11 is 1.09. The molecule has 0 saturated heterocycles. The Balaban J connectivity index is 2.88. The molecule has 7 nitrogen and oxygen atoms in total. The molecule has 0 fully saturated rings. The average molecular weight is 255 g/mol. The molecule has 8 heteroatoms. The van der Waals surface area contributed by atoms with Crippen LogP contribution >= 0.6 is 11.3 Å². The van der Waals surface area contributed by atoms with Gasteiger partial charge in [0.25, 0.3) is 0 Å². The van der Waals surface area contributed by atoms with Crippen LogP contribution in [0.4, 0.5) is 5.13 Å². The maximum absolute atomic E-state index is 10.9. The minimum absolute atomic E-state index is 0.0976. The maximum atomic E-state index is 10.9. The molecule has 90 valence electrons. The first-order valence-electron chi connectivity index (χ1n) is 4.39. The molecule has 0 spiro atoms. The van der Waals surface area contributed by atoms with E-state index in [4.69, 9.17) is 9.94 Å². The van der Waals surface area contributed by atoms with Gasteiger partial charge >= 0.3 is 5.97 Å². The summed E-state index contributed by atoms with van der Waals surface area (Å²) in [5, 5.41) is 16.4. The molecule has 2 N–H and O–H groups in total. The van der Waals surface area contributed by atoms with Crippen molar-refractivity contribution in [2.45, 2.75) is 0 Å². The first-order valence-corrected chi connectivity index (χ1v) is 5.27. The number of aliphatic carboxylic acids is 1. The van der Waals surface area contributed by atoms with Crippen molar-refractivity contribution >= 4 is 34.6 Å². The SMILES string of the molecule is C=CCO/N=C(/C(=O)O)c1csc(NC=O)n1. The van der Waals surface area contributed by atoms with E-state index in [1.807, 2.05) is 0 Å². The van der Waals surface area contributed by atoms with Crippen molar-refractivity contribution in [3.63, 3.8) is 0 Å². The number of nitrogens with zero attached hydrogens (tertiary/aromatic N) is 2. The number of rotatable bonds is 7. The molecule has 0 bridgehead atoms. The highest BCUT2D eigenvalue weighted by atomic mass is 32.1.